The van der Waals surface area contributed by atoms with Crippen LogP contribution in [0.2, 0.25) is 0 Å². The van der Waals surface area contributed by atoms with E-state index >= 15 is 0 Å². The molecule has 0 aromatic carbocycles. The van der Waals surface area contributed by atoms with Gasteiger partial charge in [0.15, 0.2) is 0 Å². The first-order chi connectivity index (χ1) is 6.62. The number of allylic oxidation sites excluding steroid dienone is 2. The SMILES string of the molecule is CC(C)(C)C/C=C/CC(C)(C)C.CCC. The predicted octanol–water partition coefficient (Wildman–Crippen LogP) is 5.83. The molecule has 15 heavy (non-hydrogen) atoms. The zero-order valence-corrected chi connectivity index (χ0v) is 12.3. The van der Waals surface area contributed by atoms with Crippen LogP contribution in [-0.4, -0.2) is 0 Å². The first-order valence-electron chi connectivity index (χ1n) is 6.27. The summed E-state index contributed by atoms with van der Waals surface area (Å²) in [7, 11) is 0. The lowest BCUT2D eigenvalue weighted by molar-refractivity contribution is 0.408. The van der Waals surface area contributed by atoms with E-state index in [1.54, 1.807) is 0 Å². The molecule has 0 aromatic heterocycles. The third kappa shape index (κ3) is 24.8. The maximum absolute atomic E-state index is 2.31. The Kier molecular flexibility index (Phi) is 9.10. The van der Waals surface area contributed by atoms with Crippen molar-refractivity contribution < 1.29 is 0 Å². The van der Waals surface area contributed by atoms with Crippen LogP contribution >= 0.6 is 0 Å². The molecule has 0 heterocycles. The van der Waals surface area contributed by atoms with Crippen molar-refractivity contribution in [1.29, 1.82) is 0 Å². The average molecular weight is 212 g/mol. The fourth-order valence-corrected chi connectivity index (χ4v) is 0.874. The molecule has 0 aliphatic carbocycles. The van der Waals surface area contributed by atoms with Gasteiger partial charge in [-0.1, -0.05) is 74.0 Å². The number of rotatable bonds is 2. The van der Waals surface area contributed by atoms with Crippen LogP contribution < -0.4 is 0 Å². The Bertz CT molecular complexity index is 132. The van der Waals surface area contributed by atoms with Gasteiger partial charge in [-0.25, -0.2) is 0 Å². The van der Waals surface area contributed by atoms with E-state index < -0.39 is 0 Å². The molecule has 0 amide bonds. The summed E-state index contributed by atoms with van der Waals surface area (Å²) >= 11 is 0. The maximum atomic E-state index is 2.31. The van der Waals surface area contributed by atoms with E-state index in [1.165, 1.54) is 19.3 Å². The van der Waals surface area contributed by atoms with Crippen LogP contribution in [0.1, 0.15) is 74.7 Å². The van der Waals surface area contributed by atoms with Crippen molar-refractivity contribution in [2.75, 3.05) is 0 Å². The van der Waals surface area contributed by atoms with Crippen molar-refractivity contribution in [1.82, 2.24) is 0 Å². The minimum absolute atomic E-state index is 0.439. The van der Waals surface area contributed by atoms with Crippen molar-refractivity contribution in [3.8, 4) is 0 Å². The second-order valence-corrected chi connectivity index (χ2v) is 6.71. The lowest BCUT2D eigenvalue weighted by atomic mass is 9.89. The Hall–Kier alpha value is -0.260. The lowest BCUT2D eigenvalue weighted by Gasteiger charge is -2.17. The van der Waals surface area contributed by atoms with Gasteiger partial charge in [-0.3, -0.25) is 0 Å². The van der Waals surface area contributed by atoms with Crippen LogP contribution in [0.4, 0.5) is 0 Å². The predicted molar refractivity (Wildman–Crippen MR) is 73.2 cm³/mol. The van der Waals surface area contributed by atoms with Gasteiger partial charge in [-0.05, 0) is 23.7 Å². The van der Waals surface area contributed by atoms with E-state index in [0.717, 1.165) is 0 Å². The molecule has 0 saturated carbocycles. The van der Waals surface area contributed by atoms with Crippen molar-refractivity contribution >= 4 is 0 Å². The smallest absolute Gasteiger partial charge is 0.0302 e. The molecule has 0 aliphatic heterocycles. The summed E-state index contributed by atoms with van der Waals surface area (Å²) in [6.45, 7) is 17.9. The van der Waals surface area contributed by atoms with Gasteiger partial charge in [-0.15, -0.1) is 0 Å². The Morgan fingerprint density at radius 3 is 1.00 bits per heavy atom. The standard InChI is InChI=1S/C12H24.C3H8/c1-11(2,3)9-7-8-10-12(4,5)6;1-3-2/h7-8H,9-10H2,1-6H3;3H2,1-2H3/b8-7+;. The minimum atomic E-state index is 0.439. The van der Waals surface area contributed by atoms with Crippen molar-refractivity contribution in [2.45, 2.75) is 74.7 Å². The van der Waals surface area contributed by atoms with Gasteiger partial charge in [0, 0.05) is 0 Å². The Balaban J connectivity index is 0. The summed E-state index contributed by atoms with van der Waals surface area (Å²) in [6.07, 6.45) is 8.24. The average Bonchev–Trinajstić information content (AvgIpc) is 1.96. The molecule has 0 aromatic rings. The van der Waals surface area contributed by atoms with Gasteiger partial charge >= 0.3 is 0 Å². The highest BCUT2D eigenvalue weighted by molar-refractivity contribution is 4.88. The first kappa shape index (κ1) is 17.1. The number of hydrogen-bond acceptors (Lipinski definition) is 0. The third-order valence-corrected chi connectivity index (χ3v) is 1.63. The fraction of sp³-hybridized carbons (Fsp3) is 0.867. The highest BCUT2D eigenvalue weighted by Crippen LogP contribution is 2.22. The molecule has 0 saturated heterocycles. The summed E-state index contributed by atoms with van der Waals surface area (Å²) in [4.78, 5) is 0. The second kappa shape index (κ2) is 7.96. The monoisotopic (exact) mass is 212 g/mol. The molecule has 0 rings (SSSR count). The molecule has 0 spiro atoms. The molecular formula is C15H32. The molecular weight excluding hydrogens is 180 g/mol. The van der Waals surface area contributed by atoms with Crippen LogP contribution in [0.15, 0.2) is 12.2 Å². The van der Waals surface area contributed by atoms with E-state index in [0.29, 0.717) is 10.8 Å². The van der Waals surface area contributed by atoms with Crippen molar-refractivity contribution in [2.24, 2.45) is 10.8 Å². The summed E-state index contributed by atoms with van der Waals surface area (Å²) < 4.78 is 0. The topological polar surface area (TPSA) is 0 Å². The summed E-state index contributed by atoms with van der Waals surface area (Å²) in [5, 5.41) is 0. The Labute approximate surface area is 98.2 Å². The molecule has 0 atom stereocenters. The van der Waals surface area contributed by atoms with E-state index in [1.807, 2.05) is 0 Å². The quantitative estimate of drug-likeness (QED) is 0.505. The van der Waals surface area contributed by atoms with Gasteiger partial charge in [0.1, 0.15) is 0 Å². The van der Waals surface area contributed by atoms with Crippen LogP contribution in [-0.2, 0) is 0 Å². The van der Waals surface area contributed by atoms with Crippen LogP contribution in [0.25, 0.3) is 0 Å². The van der Waals surface area contributed by atoms with E-state index in [2.05, 4.69) is 67.5 Å². The molecule has 0 heteroatoms. The van der Waals surface area contributed by atoms with Gasteiger partial charge in [0.25, 0.3) is 0 Å². The zero-order valence-electron chi connectivity index (χ0n) is 12.3. The second-order valence-electron chi connectivity index (χ2n) is 6.71. The van der Waals surface area contributed by atoms with Crippen molar-refractivity contribution in [3.63, 3.8) is 0 Å². The third-order valence-electron chi connectivity index (χ3n) is 1.63. The molecule has 0 radical (unpaired) electrons. The fourth-order valence-electron chi connectivity index (χ4n) is 0.874. The molecule has 0 unspecified atom stereocenters. The van der Waals surface area contributed by atoms with E-state index in [4.69, 9.17) is 0 Å². The van der Waals surface area contributed by atoms with E-state index in [9.17, 15) is 0 Å². The van der Waals surface area contributed by atoms with Crippen molar-refractivity contribution in [3.05, 3.63) is 12.2 Å². The van der Waals surface area contributed by atoms with Gasteiger partial charge in [0.05, 0.1) is 0 Å². The van der Waals surface area contributed by atoms with Crippen LogP contribution in [0.3, 0.4) is 0 Å². The van der Waals surface area contributed by atoms with Gasteiger partial charge < -0.3 is 0 Å². The van der Waals surface area contributed by atoms with Gasteiger partial charge in [0.2, 0.25) is 0 Å². The molecule has 0 fully saturated rings. The van der Waals surface area contributed by atoms with Gasteiger partial charge in [-0.2, -0.15) is 0 Å². The molecule has 0 aliphatic rings. The normalized spacial score (nSPS) is 12.5. The van der Waals surface area contributed by atoms with E-state index in [-0.39, 0.29) is 0 Å². The number of hydrogen-bond donors (Lipinski definition) is 0. The van der Waals surface area contributed by atoms with Crippen LogP contribution in [0, 0.1) is 10.8 Å². The Morgan fingerprint density at radius 2 is 0.867 bits per heavy atom. The van der Waals surface area contributed by atoms with Crippen LogP contribution in [0.5, 0.6) is 0 Å². The largest absolute Gasteiger partial charge is 0.0880 e. The molecule has 92 valence electrons. The molecule has 0 N–H and O–H groups in total. The summed E-state index contributed by atoms with van der Waals surface area (Å²) in [5.41, 5.74) is 0.878. The summed E-state index contributed by atoms with van der Waals surface area (Å²) in [6, 6.07) is 0. The minimum Gasteiger partial charge on any atom is -0.0880 e. The summed E-state index contributed by atoms with van der Waals surface area (Å²) in [5.74, 6) is 0. The highest BCUT2D eigenvalue weighted by atomic mass is 14.1. The highest BCUT2D eigenvalue weighted by Gasteiger charge is 2.08. The lowest BCUT2D eigenvalue weighted by Crippen LogP contribution is -2.04. The molecule has 0 bridgehead atoms. The maximum Gasteiger partial charge on any atom is -0.0302 e. The zero-order chi connectivity index (χ0) is 12.5. The Morgan fingerprint density at radius 1 is 0.667 bits per heavy atom. The molecule has 0 nitrogen and oxygen atoms in total. The first-order valence-corrected chi connectivity index (χ1v) is 6.27.